The predicted molar refractivity (Wildman–Crippen MR) is 122 cm³/mol. The highest BCUT2D eigenvalue weighted by Crippen LogP contribution is 2.31. The minimum Gasteiger partial charge on any atom is -0.495 e. The highest BCUT2D eigenvalue weighted by Gasteiger charge is 2.29. The van der Waals surface area contributed by atoms with Crippen LogP contribution in [-0.4, -0.2) is 38.8 Å². The minimum atomic E-state index is -3.69. The fourth-order valence-corrected chi connectivity index (χ4v) is 5.64. The Balaban J connectivity index is 1.53. The Morgan fingerprint density at radius 2 is 1.71 bits per heavy atom. The number of nitrogens with one attached hydrogen (secondary N) is 1. The zero-order valence-corrected chi connectivity index (χ0v) is 18.3. The lowest BCUT2D eigenvalue weighted by atomic mass is 10.0. The number of methoxy groups -OCH3 is 1. The first-order valence-corrected chi connectivity index (χ1v) is 11.9. The van der Waals surface area contributed by atoms with Crippen molar-refractivity contribution in [3.63, 3.8) is 0 Å². The molecule has 3 aromatic rings. The molecule has 0 radical (unpaired) electrons. The first kappa shape index (κ1) is 21.3. The van der Waals surface area contributed by atoms with Crippen LogP contribution >= 0.6 is 0 Å². The van der Waals surface area contributed by atoms with Crippen molar-refractivity contribution in [2.45, 2.75) is 30.6 Å². The number of carbonyl (C=O) groups excluding carboxylic acids is 1. The summed E-state index contributed by atoms with van der Waals surface area (Å²) in [6.07, 6.45) is 2.94. The summed E-state index contributed by atoms with van der Waals surface area (Å²) >= 11 is 0. The number of piperidine rings is 1. The second kappa shape index (κ2) is 9.08. The standard InChI is InChI=1S/C24H26N2O4S/c1-30-22-12-11-21(17-23(22)31(28,29)26-13-5-2-6-14-26)25-24(27)16-18-9-10-19-7-3-4-8-20(19)15-18/h3-4,7-12,15,17H,2,5-6,13-14,16H2,1H3,(H,25,27). The molecular weight excluding hydrogens is 412 g/mol. The topological polar surface area (TPSA) is 75.7 Å². The van der Waals surface area contributed by atoms with E-state index < -0.39 is 10.0 Å². The quantitative estimate of drug-likeness (QED) is 0.626. The zero-order valence-electron chi connectivity index (χ0n) is 17.5. The van der Waals surface area contributed by atoms with Crippen LogP contribution in [0.3, 0.4) is 0 Å². The van der Waals surface area contributed by atoms with Crippen LogP contribution < -0.4 is 10.1 Å². The van der Waals surface area contributed by atoms with Crippen molar-refractivity contribution in [1.29, 1.82) is 0 Å². The van der Waals surface area contributed by atoms with Crippen LogP contribution in [0.5, 0.6) is 5.75 Å². The molecule has 1 heterocycles. The smallest absolute Gasteiger partial charge is 0.246 e. The van der Waals surface area contributed by atoms with Gasteiger partial charge in [0, 0.05) is 18.8 Å². The van der Waals surface area contributed by atoms with Gasteiger partial charge in [0.1, 0.15) is 10.6 Å². The largest absolute Gasteiger partial charge is 0.495 e. The Hall–Kier alpha value is -2.90. The lowest BCUT2D eigenvalue weighted by molar-refractivity contribution is -0.115. The van der Waals surface area contributed by atoms with Gasteiger partial charge in [-0.15, -0.1) is 0 Å². The normalized spacial score (nSPS) is 15.0. The number of sulfonamides is 1. The van der Waals surface area contributed by atoms with Crippen molar-refractivity contribution in [3.8, 4) is 5.75 Å². The Bertz CT molecular complexity index is 1200. The van der Waals surface area contributed by atoms with Crippen molar-refractivity contribution in [2.24, 2.45) is 0 Å². The number of hydrogen-bond donors (Lipinski definition) is 1. The number of anilines is 1. The number of nitrogens with zero attached hydrogens (tertiary/aromatic N) is 1. The summed E-state index contributed by atoms with van der Waals surface area (Å²) in [4.78, 5) is 12.7. The van der Waals surface area contributed by atoms with Crippen LogP contribution in [0.2, 0.25) is 0 Å². The molecule has 31 heavy (non-hydrogen) atoms. The molecule has 4 rings (SSSR count). The van der Waals surface area contributed by atoms with E-state index in [0.29, 0.717) is 18.8 Å². The van der Waals surface area contributed by atoms with Crippen molar-refractivity contribution in [2.75, 3.05) is 25.5 Å². The third kappa shape index (κ3) is 4.73. The fourth-order valence-electron chi connectivity index (χ4n) is 3.94. The van der Waals surface area contributed by atoms with Crippen LogP contribution in [0.4, 0.5) is 5.69 Å². The van der Waals surface area contributed by atoms with Crippen LogP contribution in [0.1, 0.15) is 24.8 Å². The van der Waals surface area contributed by atoms with Crippen LogP contribution in [0, 0.1) is 0 Å². The van der Waals surface area contributed by atoms with Crippen molar-refractivity contribution >= 4 is 32.4 Å². The average Bonchev–Trinajstić information content (AvgIpc) is 2.79. The second-order valence-corrected chi connectivity index (χ2v) is 9.64. The Morgan fingerprint density at radius 3 is 2.45 bits per heavy atom. The van der Waals surface area contributed by atoms with E-state index in [-0.39, 0.29) is 23.0 Å². The molecule has 1 amide bonds. The third-order valence-corrected chi connectivity index (χ3v) is 7.48. The van der Waals surface area contributed by atoms with Gasteiger partial charge in [-0.2, -0.15) is 4.31 Å². The Kier molecular flexibility index (Phi) is 6.25. The van der Waals surface area contributed by atoms with E-state index in [1.165, 1.54) is 17.5 Å². The summed E-state index contributed by atoms with van der Waals surface area (Å²) in [5.74, 6) is 0.0693. The van der Waals surface area contributed by atoms with Gasteiger partial charge in [0.15, 0.2) is 0 Å². The molecule has 1 aliphatic rings. The zero-order chi connectivity index (χ0) is 21.8. The molecule has 1 aliphatic heterocycles. The lowest BCUT2D eigenvalue weighted by Crippen LogP contribution is -2.35. The number of carbonyl (C=O) groups is 1. The molecule has 6 nitrogen and oxygen atoms in total. The molecule has 1 fully saturated rings. The Labute approximate surface area is 182 Å². The van der Waals surface area contributed by atoms with Gasteiger partial charge in [0.25, 0.3) is 0 Å². The fraction of sp³-hybridized carbons (Fsp3) is 0.292. The molecule has 0 atom stereocenters. The number of amides is 1. The van der Waals surface area contributed by atoms with Crippen LogP contribution in [0.15, 0.2) is 65.6 Å². The van der Waals surface area contributed by atoms with E-state index >= 15 is 0 Å². The Morgan fingerprint density at radius 1 is 0.968 bits per heavy atom. The maximum atomic E-state index is 13.2. The van der Waals surface area contributed by atoms with Gasteiger partial charge in [-0.1, -0.05) is 48.9 Å². The molecule has 0 unspecified atom stereocenters. The molecule has 0 bridgehead atoms. The summed E-state index contributed by atoms with van der Waals surface area (Å²) in [6, 6.07) is 18.6. The first-order chi connectivity index (χ1) is 15.0. The summed E-state index contributed by atoms with van der Waals surface area (Å²) in [5.41, 5.74) is 1.33. The summed E-state index contributed by atoms with van der Waals surface area (Å²) < 4.78 is 33.1. The number of fused-ring (bicyclic) bond motifs is 1. The average molecular weight is 439 g/mol. The number of benzene rings is 3. The first-order valence-electron chi connectivity index (χ1n) is 10.4. The van der Waals surface area contributed by atoms with Gasteiger partial charge in [-0.25, -0.2) is 8.42 Å². The molecule has 0 spiro atoms. The van der Waals surface area contributed by atoms with Crippen molar-refractivity contribution in [3.05, 3.63) is 66.2 Å². The van der Waals surface area contributed by atoms with E-state index in [4.69, 9.17) is 4.74 Å². The predicted octanol–water partition coefficient (Wildman–Crippen LogP) is 4.20. The molecule has 162 valence electrons. The van der Waals surface area contributed by atoms with E-state index in [9.17, 15) is 13.2 Å². The number of rotatable bonds is 6. The molecule has 0 aliphatic carbocycles. The molecule has 1 N–H and O–H groups in total. The van der Waals surface area contributed by atoms with E-state index in [2.05, 4.69) is 5.32 Å². The van der Waals surface area contributed by atoms with Crippen LogP contribution in [0.25, 0.3) is 10.8 Å². The van der Waals surface area contributed by atoms with E-state index in [1.54, 1.807) is 12.1 Å². The summed E-state index contributed by atoms with van der Waals surface area (Å²) in [7, 11) is -2.24. The van der Waals surface area contributed by atoms with Gasteiger partial charge in [0.05, 0.1) is 13.5 Å². The number of ether oxygens (including phenoxy) is 1. The molecule has 0 saturated carbocycles. The van der Waals surface area contributed by atoms with E-state index in [0.717, 1.165) is 35.6 Å². The van der Waals surface area contributed by atoms with Gasteiger partial charge < -0.3 is 10.1 Å². The van der Waals surface area contributed by atoms with Crippen molar-refractivity contribution < 1.29 is 17.9 Å². The number of hydrogen-bond acceptors (Lipinski definition) is 4. The molecule has 1 saturated heterocycles. The SMILES string of the molecule is COc1ccc(NC(=O)Cc2ccc3ccccc3c2)cc1S(=O)(=O)N1CCCCC1. The monoisotopic (exact) mass is 438 g/mol. The van der Waals surface area contributed by atoms with Crippen LogP contribution in [-0.2, 0) is 21.2 Å². The lowest BCUT2D eigenvalue weighted by Gasteiger charge is -2.26. The summed E-state index contributed by atoms with van der Waals surface area (Å²) in [5, 5.41) is 5.02. The van der Waals surface area contributed by atoms with Crippen molar-refractivity contribution in [1.82, 2.24) is 4.31 Å². The van der Waals surface area contributed by atoms with Gasteiger partial charge in [-0.3, -0.25) is 4.79 Å². The molecular formula is C24H26N2O4S. The minimum absolute atomic E-state index is 0.0837. The molecule has 7 heteroatoms. The highest BCUT2D eigenvalue weighted by atomic mass is 32.2. The maximum Gasteiger partial charge on any atom is 0.246 e. The molecule has 0 aromatic heterocycles. The third-order valence-electron chi connectivity index (χ3n) is 5.56. The highest BCUT2D eigenvalue weighted by molar-refractivity contribution is 7.89. The summed E-state index contributed by atoms with van der Waals surface area (Å²) in [6.45, 7) is 1.01. The van der Waals surface area contributed by atoms with Gasteiger partial charge >= 0.3 is 0 Å². The molecule has 3 aromatic carbocycles. The van der Waals surface area contributed by atoms with E-state index in [1.807, 2.05) is 42.5 Å². The van der Waals surface area contributed by atoms with Gasteiger partial charge in [-0.05, 0) is 47.4 Å². The maximum absolute atomic E-state index is 13.2. The van der Waals surface area contributed by atoms with Gasteiger partial charge in [0.2, 0.25) is 15.9 Å². The second-order valence-electron chi connectivity index (χ2n) is 7.74.